The van der Waals surface area contributed by atoms with Crippen molar-refractivity contribution < 1.29 is 22.7 Å². The molecule has 2 heterocycles. The van der Waals surface area contributed by atoms with Gasteiger partial charge in [0, 0.05) is 33.7 Å². The van der Waals surface area contributed by atoms with Crippen LogP contribution < -0.4 is 10.1 Å². The molecule has 10 heteroatoms. The Labute approximate surface area is 211 Å². The number of likely N-dealkylation sites (tertiary alicyclic amines) is 2. The van der Waals surface area contributed by atoms with Crippen molar-refractivity contribution in [2.75, 3.05) is 80.2 Å². The van der Waals surface area contributed by atoms with Crippen LogP contribution in [0.2, 0.25) is 0 Å². The van der Waals surface area contributed by atoms with Crippen LogP contribution in [0, 0.1) is 13.8 Å². The highest BCUT2D eigenvalue weighted by molar-refractivity contribution is 7.89. The Morgan fingerprint density at radius 2 is 1.49 bits per heavy atom. The largest absolute Gasteiger partial charge is 0.497 e. The molecule has 2 saturated heterocycles. The van der Waals surface area contributed by atoms with E-state index >= 15 is 0 Å². The molecule has 35 heavy (non-hydrogen) atoms. The summed E-state index contributed by atoms with van der Waals surface area (Å²) in [5.74, 6) is 0.368. The number of likely N-dealkylation sites (N-methyl/N-ethyl adjacent to an activating group) is 2. The van der Waals surface area contributed by atoms with Crippen molar-refractivity contribution >= 4 is 15.9 Å². The summed E-state index contributed by atoms with van der Waals surface area (Å²) >= 11 is 0. The molecular formula is C25H44N4O5S. The summed E-state index contributed by atoms with van der Waals surface area (Å²) in [5, 5.41) is 2.43. The van der Waals surface area contributed by atoms with E-state index < -0.39 is 10.0 Å². The molecule has 1 amide bonds. The zero-order valence-corrected chi connectivity index (χ0v) is 23.0. The average Bonchev–Trinajstić information content (AvgIpc) is 3.54. The van der Waals surface area contributed by atoms with Crippen molar-refractivity contribution in [2.24, 2.45) is 0 Å². The Bertz CT molecular complexity index is 858. The number of hydrogen-bond acceptors (Lipinski definition) is 7. The maximum atomic E-state index is 12.7. The van der Waals surface area contributed by atoms with Crippen molar-refractivity contribution in [3.63, 3.8) is 0 Å². The fourth-order valence-electron chi connectivity index (χ4n) is 4.44. The predicted molar refractivity (Wildman–Crippen MR) is 139 cm³/mol. The van der Waals surface area contributed by atoms with Crippen LogP contribution in [0.15, 0.2) is 17.0 Å². The van der Waals surface area contributed by atoms with Crippen molar-refractivity contribution in [3.8, 4) is 5.75 Å². The van der Waals surface area contributed by atoms with E-state index in [2.05, 4.69) is 15.1 Å². The SMILES string of the molecule is C1CCN(CCN2CCCC2)C1.CNC(=O)COCCN(C)S(=O)(=O)c1c(C)cc(OC)cc1C. The lowest BCUT2D eigenvalue weighted by Gasteiger charge is -2.20. The van der Waals surface area contributed by atoms with Crippen molar-refractivity contribution in [3.05, 3.63) is 23.3 Å². The van der Waals surface area contributed by atoms with Crippen LogP contribution in [0.4, 0.5) is 0 Å². The molecule has 200 valence electrons. The van der Waals surface area contributed by atoms with Crippen LogP contribution in [-0.4, -0.2) is 109 Å². The van der Waals surface area contributed by atoms with Crippen LogP contribution in [-0.2, 0) is 19.6 Å². The van der Waals surface area contributed by atoms with Crippen LogP contribution in [0.1, 0.15) is 36.8 Å². The van der Waals surface area contributed by atoms with Crippen LogP contribution in [0.3, 0.4) is 0 Å². The predicted octanol–water partition coefficient (Wildman–Crippen LogP) is 1.87. The minimum absolute atomic E-state index is 0.0923. The summed E-state index contributed by atoms with van der Waals surface area (Å²) < 4.78 is 36.9. The summed E-state index contributed by atoms with van der Waals surface area (Å²) in [6.45, 7) is 11.7. The van der Waals surface area contributed by atoms with Crippen LogP contribution >= 0.6 is 0 Å². The summed E-state index contributed by atoms with van der Waals surface area (Å²) in [5.41, 5.74) is 1.25. The minimum atomic E-state index is -3.63. The molecule has 2 fully saturated rings. The second-order valence-electron chi connectivity index (χ2n) is 9.24. The molecule has 9 nitrogen and oxygen atoms in total. The quantitative estimate of drug-likeness (QED) is 0.453. The molecule has 0 aromatic heterocycles. The Balaban J connectivity index is 0.000000298. The number of methoxy groups -OCH3 is 1. The summed E-state index contributed by atoms with van der Waals surface area (Å²) in [6, 6.07) is 3.38. The van der Waals surface area contributed by atoms with E-state index in [1.54, 1.807) is 26.0 Å². The highest BCUT2D eigenvalue weighted by atomic mass is 32.2. The Morgan fingerprint density at radius 3 is 1.91 bits per heavy atom. The second-order valence-corrected chi connectivity index (χ2v) is 11.2. The van der Waals surface area contributed by atoms with Gasteiger partial charge in [0.25, 0.3) is 0 Å². The molecule has 1 N–H and O–H groups in total. The van der Waals surface area contributed by atoms with Gasteiger partial charge in [-0.25, -0.2) is 8.42 Å². The van der Waals surface area contributed by atoms with Gasteiger partial charge in [-0.1, -0.05) is 0 Å². The van der Waals surface area contributed by atoms with Crippen molar-refractivity contribution in [2.45, 2.75) is 44.4 Å². The van der Waals surface area contributed by atoms with Gasteiger partial charge in [0.2, 0.25) is 15.9 Å². The van der Waals surface area contributed by atoms with E-state index in [9.17, 15) is 13.2 Å². The fraction of sp³-hybridized carbons (Fsp3) is 0.720. The second kappa shape index (κ2) is 14.7. The molecule has 2 aliphatic heterocycles. The molecule has 1 aromatic carbocycles. The van der Waals surface area contributed by atoms with Crippen molar-refractivity contribution in [1.29, 1.82) is 0 Å². The van der Waals surface area contributed by atoms with Gasteiger partial charge in [0.05, 0.1) is 18.6 Å². The number of carbonyl (C=O) groups is 1. The Hall–Kier alpha value is -1.72. The normalized spacial score (nSPS) is 16.9. The zero-order valence-electron chi connectivity index (χ0n) is 22.1. The number of hydrogen-bond donors (Lipinski definition) is 1. The molecule has 2 aliphatic rings. The molecule has 0 saturated carbocycles. The van der Waals surface area contributed by atoms with E-state index in [1.807, 2.05) is 0 Å². The van der Waals surface area contributed by atoms with Gasteiger partial charge in [-0.05, 0) is 89.0 Å². The minimum Gasteiger partial charge on any atom is -0.497 e. The first-order valence-electron chi connectivity index (χ1n) is 12.5. The molecule has 0 radical (unpaired) electrons. The fourth-order valence-corrected chi connectivity index (χ4v) is 5.99. The number of amides is 1. The van der Waals surface area contributed by atoms with Crippen LogP contribution in [0.25, 0.3) is 0 Å². The number of nitrogens with one attached hydrogen (secondary N) is 1. The smallest absolute Gasteiger partial charge is 0.245 e. The first-order chi connectivity index (χ1) is 16.7. The van der Waals surface area contributed by atoms with E-state index in [4.69, 9.17) is 9.47 Å². The third-order valence-electron chi connectivity index (χ3n) is 6.53. The topological polar surface area (TPSA) is 91.4 Å². The van der Waals surface area contributed by atoms with Gasteiger partial charge in [0.1, 0.15) is 12.4 Å². The maximum Gasteiger partial charge on any atom is 0.245 e. The number of carbonyl (C=O) groups excluding carboxylic acids is 1. The van der Waals surface area contributed by atoms with Gasteiger partial charge >= 0.3 is 0 Å². The lowest BCUT2D eigenvalue weighted by Crippen LogP contribution is -2.32. The monoisotopic (exact) mass is 512 g/mol. The third kappa shape index (κ3) is 9.34. The Morgan fingerprint density at radius 1 is 1.00 bits per heavy atom. The van der Waals surface area contributed by atoms with Gasteiger partial charge in [0.15, 0.2) is 0 Å². The van der Waals surface area contributed by atoms with E-state index in [-0.39, 0.29) is 30.6 Å². The highest BCUT2D eigenvalue weighted by Gasteiger charge is 2.25. The average molecular weight is 513 g/mol. The lowest BCUT2D eigenvalue weighted by molar-refractivity contribution is -0.125. The molecule has 0 spiro atoms. The maximum absolute atomic E-state index is 12.7. The van der Waals surface area contributed by atoms with Gasteiger partial charge in [-0.15, -0.1) is 0 Å². The van der Waals surface area contributed by atoms with E-state index in [0.29, 0.717) is 16.9 Å². The van der Waals surface area contributed by atoms with E-state index in [0.717, 1.165) is 0 Å². The number of aryl methyl sites for hydroxylation is 2. The number of benzene rings is 1. The van der Waals surface area contributed by atoms with Gasteiger partial charge in [-0.2, -0.15) is 4.31 Å². The molecular weight excluding hydrogens is 468 g/mol. The number of sulfonamides is 1. The first-order valence-corrected chi connectivity index (χ1v) is 14.0. The van der Waals surface area contributed by atoms with Gasteiger partial charge < -0.3 is 24.6 Å². The first kappa shape index (κ1) is 29.5. The summed E-state index contributed by atoms with van der Waals surface area (Å²) in [4.78, 5) is 16.5. The third-order valence-corrected chi connectivity index (χ3v) is 8.69. The van der Waals surface area contributed by atoms with Crippen LogP contribution in [0.5, 0.6) is 5.75 Å². The lowest BCUT2D eigenvalue weighted by atomic mass is 10.1. The molecule has 0 unspecified atom stereocenters. The number of nitrogens with zero attached hydrogens (tertiary/aromatic N) is 3. The molecule has 3 rings (SSSR count). The number of rotatable bonds is 11. The molecule has 0 aliphatic carbocycles. The van der Waals surface area contributed by atoms with E-state index in [1.165, 1.54) is 90.5 Å². The molecule has 1 aromatic rings. The summed E-state index contributed by atoms with van der Waals surface area (Å²) in [6.07, 6.45) is 5.72. The standard InChI is InChI=1S/C15H24N2O5S.C10H20N2/c1-11-8-13(21-5)9-12(2)15(11)23(19,20)17(4)6-7-22-10-14(18)16-3;1-2-6-11(5-1)9-10-12-7-3-4-8-12/h8-9H,6-7,10H2,1-5H3,(H,16,18);1-10H2. The highest BCUT2D eigenvalue weighted by Crippen LogP contribution is 2.27. The zero-order chi connectivity index (χ0) is 25.8. The van der Waals surface area contributed by atoms with Gasteiger partial charge in [-0.3, -0.25) is 4.79 Å². The molecule has 0 atom stereocenters. The number of ether oxygens (including phenoxy) is 2. The Kier molecular flexibility index (Phi) is 12.4. The molecule has 0 bridgehead atoms. The van der Waals surface area contributed by atoms with Crippen molar-refractivity contribution in [1.82, 2.24) is 19.4 Å². The summed E-state index contributed by atoms with van der Waals surface area (Å²) in [7, 11) is 0.905.